The van der Waals surface area contributed by atoms with E-state index in [9.17, 15) is 4.79 Å². The number of hydrogen-bond donors (Lipinski definition) is 0. The minimum Gasteiger partial charge on any atom is -0.469 e. The van der Waals surface area contributed by atoms with Gasteiger partial charge in [0.2, 0.25) is 0 Å². The van der Waals surface area contributed by atoms with E-state index >= 15 is 0 Å². The lowest BCUT2D eigenvalue weighted by Crippen LogP contribution is -2.49. The van der Waals surface area contributed by atoms with Crippen LogP contribution >= 0.6 is 0 Å². The van der Waals surface area contributed by atoms with Gasteiger partial charge in [0.25, 0.3) is 0 Å². The van der Waals surface area contributed by atoms with Crippen LogP contribution in [0.25, 0.3) is 0 Å². The van der Waals surface area contributed by atoms with E-state index in [4.69, 9.17) is 9.47 Å². The number of ether oxygens (including phenoxy) is 2. The van der Waals surface area contributed by atoms with Gasteiger partial charge in [0.15, 0.2) is 0 Å². The third-order valence-electron chi connectivity index (χ3n) is 3.97. The second-order valence-corrected chi connectivity index (χ2v) is 5.76. The minimum absolute atomic E-state index is 0.169. The quantitative estimate of drug-likeness (QED) is 0.783. The largest absolute Gasteiger partial charge is 0.469 e. The Kier molecular flexibility index (Phi) is 3.95. The molecular weight excluding hydrogens is 240 g/mol. The normalized spacial score (nSPS) is 17.1. The van der Waals surface area contributed by atoms with Gasteiger partial charge in [-0.15, -0.1) is 0 Å². The Morgan fingerprint density at radius 1 is 1.42 bits per heavy atom. The van der Waals surface area contributed by atoms with Gasteiger partial charge in [-0.25, -0.2) is 0 Å². The van der Waals surface area contributed by atoms with Crippen molar-refractivity contribution in [3.63, 3.8) is 0 Å². The highest BCUT2D eigenvalue weighted by Crippen LogP contribution is 2.39. The van der Waals surface area contributed by atoms with Crippen LogP contribution in [0.5, 0.6) is 0 Å². The van der Waals surface area contributed by atoms with Crippen LogP contribution in [0.15, 0.2) is 18.2 Å². The molecule has 0 spiro atoms. The van der Waals surface area contributed by atoms with Gasteiger partial charge in [-0.1, -0.05) is 32.0 Å². The zero-order chi connectivity index (χ0) is 14.0. The summed E-state index contributed by atoms with van der Waals surface area (Å²) < 4.78 is 10.2. The number of rotatable bonds is 4. The molecule has 0 amide bonds. The molecule has 3 nitrogen and oxygen atoms in total. The van der Waals surface area contributed by atoms with Crippen LogP contribution in [0.1, 0.15) is 42.9 Å². The molecule has 104 valence electrons. The van der Waals surface area contributed by atoms with Crippen molar-refractivity contribution in [3.05, 3.63) is 34.9 Å². The molecule has 1 saturated heterocycles. The molecule has 0 bridgehead atoms. The highest BCUT2D eigenvalue weighted by Gasteiger charge is 2.43. The van der Waals surface area contributed by atoms with Crippen molar-refractivity contribution in [1.82, 2.24) is 0 Å². The molecule has 2 rings (SSSR count). The van der Waals surface area contributed by atoms with Gasteiger partial charge in [0.05, 0.1) is 32.2 Å². The molecular formula is C16H22O3. The summed E-state index contributed by atoms with van der Waals surface area (Å²) in [6.45, 7) is 7.66. The van der Waals surface area contributed by atoms with Gasteiger partial charge in [-0.05, 0) is 29.5 Å². The summed E-state index contributed by atoms with van der Waals surface area (Å²) in [6, 6.07) is 6.53. The van der Waals surface area contributed by atoms with Crippen molar-refractivity contribution in [2.45, 2.75) is 38.5 Å². The summed E-state index contributed by atoms with van der Waals surface area (Å²) >= 11 is 0. The molecule has 0 aromatic heterocycles. The molecule has 0 saturated carbocycles. The van der Waals surface area contributed by atoms with Gasteiger partial charge in [0, 0.05) is 0 Å². The summed E-state index contributed by atoms with van der Waals surface area (Å²) in [4.78, 5) is 11.6. The predicted molar refractivity (Wildman–Crippen MR) is 74.4 cm³/mol. The summed E-state index contributed by atoms with van der Waals surface area (Å²) in [6.07, 6.45) is 0.395. The van der Waals surface area contributed by atoms with Gasteiger partial charge in [0.1, 0.15) is 0 Å². The maximum absolute atomic E-state index is 11.6. The number of methoxy groups -OCH3 is 1. The SMILES string of the molecule is COC(=O)CC1(c2cc(C(C)C)ccc2C)COC1. The molecule has 0 unspecified atom stereocenters. The highest BCUT2D eigenvalue weighted by molar-refractivity contribution is 5.72. The number of carbonyl (C=O) groups is 1. The Bertz CT molecular complexity index is 473. The molecule has 0 atom stereocenters. The third kappa shape index (κ3) is 2.66. The summed E-state index contributed by atoms with van der Waals surface area (Å²) in [5, 5.41) is 0. The summed E-state index contributed by atoms with van der Waals surface area (Å²) in [7, 11) is 1.44. The average Bonchev–Trinajstić information content (AvgIpc) is 2.34. The summed E-state index contributed by atoms with van der Waals surface area (Å²) in [5.74, 6) is 0.313. The van der Waals surface area contributed by atoms with Crippen LogP contribution in [0.3, 0.4) is 0 Å². The number of benzene rings is 1. The van der Waals surface area contributed by atoms with Crippen LogP contribution in [0.4, 0.5) is 0 Å². The number of hydrogen-bond acceptors (Lipinski definition) is 3. The van der Waals surface area contributed by atoms with Gasteiger partial charge in [-0.3, -0.25) is 4.79 Å². The molecule has 19 heavy (non-hydrogen) atoms. The first-order valence-electron chi connectivity index (χ1n) is 6.74. The molecule has 0 aliphatic carbocycles. The van der Waals surface area contributed by atoms with Crippen molar-refractivity contribution >= 4 is 5.97 Å². The Balaban J connectivity index is 2.37. The lowest BCUT2D eigenvalue weighted by atomic mass is 9.73. The van der Waals surface area contributed by atoms with Crippen LogP contribution in [-0.2, 0) is 19.7 Å². The van der Waals surface area contributed by atoms with E-state index in [0.29, 0.717) is 25.6 Å². The fourth-order valence-electron chi connectivity index (χ4n) is 2.62. The van der Waals surface area contributed by atoms with Crippen LogP contribution in [-0.4, -0.2) is 26.3 Å². The van der Waals surface area contributed by atoms with Crippen LogP contribution < -0.4 is 0 Å². The first kappa shape index (κ1) is 14.1. The third-order valence-corrected chi connectivity index (χ3v) is 3.97. The Morgan fingerprint density at radius 2 is 2.11 bits per heavy atom. The van der Waals surface area contributed by atoms with E-state index in [1.54, 1.807) is 0 Å². The molecule has 3 heteroatoms. The second kappa shape index (κ2) is 5.33. The molecule has 0 radical (unpaired) electrons. The number of esters is 1. The lowest BCUT2D eigenvalue weighted by Gasteiger charge is -2.42. The molecule has 0 N–H and O–H groups in total. The van der Waals surface area contributed by atoms with E-state index in [1.807, 2.05) is 0 Å². The average molecular weight is 262 g/mol. The minimum atomic E-state index is -0.192. The van der Waals surface area contributed by atoms with Crippen molar-refractivity contribution < 1.29 is 14.3 Å². The van der Waals surface area contributed by atoms with Crippen molar-refractivity contribution in [1.29, 1.82) is 0 Å². The van der Waals surface area contributed by atoms with Crippen LogP contribution in [0, 0.1) is 6.92 Å². The number of aryl methyl sites for hydroxylation is 1. The first-order valence-corrected chi connectivity index (χ1v) is 6.74. The zero-order valence-electron chi connectivity index (χ0n) is 12.2. The Hall–Kier alpha value is -1.35. The molecule has 1 aromatic carbocycles. The number of carbonyl (C=O) groups excluding carboxylic acids is 1. The maximum Gasteiger partial charge on any atom is 0.306 e. The second-order valence-electron chi connectivity index (χ2n) is 5.76. The summed E-state index contributed by atoms with van der Waals surface area (Å²) in [5.41, 5.74) is 3.56. The van der Waals surface area contributed by atoms with Crippen molar-refractivity contribution in [2.75, 3.05) is 20.3 Å². The lowest BCUT2D eigenvalue weighted by molar-refractivity contribution is -0.148. The zero-order valence-corrected chi connectivity index (χ0v) is 12.2. The Morgan fingerprint density at radius 3 is 2.58 bits per heavy atom. The molecule has 1 aromatic rings. The van der Waals surface area contributed by atoms with E-state index < -0.39 is 0 Å². The predicted octanol–water partition coefficient (Wildman–Crippen LogP) is 2.95. The van der Waals surface area contributed by atoms with E-state index in [0.717, 1.165) is 0 Å². The Labute approximate surface area is 114 Å². The fraction of sp³-hybridized carbons (Fsp3) is 0.562. The first-order chi connectivity index (χ1) is 8.98. The van der Waals surface area contributed by atoms with E-state index in [2.05, 4.69) is 39.0 Å². The van der Waals surface area contributed by atoms with Gasteiger partial charge < -0.3 is 9.47 Å². The van der Waals surface area contributed by atoms with Crippen LogP contribution in [0.2, 0.25) is 0 Å². The highest BCUT2D eigenvalue weighted by atomic mass is 16.5. The monoisotopic (exact) mass is 262 g/mol. The topological polar surface area (TPSA) is 35.5 Å². The van der Waals surface area contributed by atoms with Gasteiger partial charge in [-0.2, -0.15) is 0 Å². The standard InChI is InChI=1S/C16H22O3/c1-11(2)13-6-5-12(3)14(7-13)16(9-19-10-16)8-15(17)18-4/h5-7,11H,8-10H2,1-4H3. The molecule has 1 aliphatic rings. The smallest absolute Gasteiger partial charge is 0.306 e. The maximum atomic E-state index is 11.6. The molecule has 1 fully saturated rings. The van der Waals surface area contributed by atoms with E-state index in [-0.39, 0.29) is 11.4 Å². The van der Waals surface area contributed by atoms with Crippen molar-refractivity contribution in [2.24, 2.45) is 0 Å². The van der Waals surface area contributed by atoms with Crippen molar-refractivity contribution in [3.8, 4) is 0 Å². The molecule has 1 heterocycles. The van der Waals surface area contributed by atoms with E-state index in [1.165, 1.54) is 23.8 Å². The molecule has 1 aliphatic heterocycles. The van der Waals surface area contributed by atoms with Gasteiger partial charge >= 0.3 is 5.97 Å². The fourth-order valence-corrected chi connectivity index (χ4v) is 2.62.